The Morgan fingerprint density at radius 1 is 0.307 bits per heavy atom. The van der Waals surface area contributed by atoms with E-state index in [2.05, 4.69) is 235 Å². The molecular formula is C70H44N4S. The molecule has 0 saturated heterocycles. The van der Waals surface area contributed by atoms with Crippen LogP contribution < -0.4 is 0 Å². The van der Waals surface area contributed by atoms with Crippen molar-refractivity contribution in [3.63, 3.8) is 0 Å². The van der Waals surface area contributed by atoms with Gasteiger partial charge in [0.2, 0.25) is 0 Å². The van der Waals surface area contributed by atoms with Crippen LogP contribution in [0.15, 0.2) is 267 Å². The number of fused-ring (bicyclic) bond motifs is 9. The molecule has 11 aromatic carbocycles. The van der Waals surface area contributed by atoms with Gasteiger partial charge < -0.3 is 4.57 Å². The van der Waals surface area contributed by atoms with Crippen molar-refractivity contribution in [2.45, 2.75) is 5.41 Å². The van der Waals surface area contributed by atoms with Gasteiger partial charge in [-0.15, -0.1) is 11.3 Å². The summed E-state index contributed by atoms with van der Waals surface area (Å²) in [6.45, 7) is 0. The number of aromatic nitrogens is 4. The quantitative estimate of drug-likeness (QED) is 0.152. The van der Waals surface area contributed by atoms with Crippen LogP contribution in [0.3, 0.4) is 0 Å². The lowest BCUT2D eigenvalue weighted by molar-refractivity contribution is 0.768. The molecule has 0 radical (unpaired) electrons. The Labute approximate surface area is 438 Å². The van der Waals surface area contributed by atoms with Gasteiger partial charge in [-0.25, -0.2) is 15.0 Å². The second-order valence-electron chi connectivity index (χ2n) is 19.5. The number of rotatable bonds is 8. The first kappa shape index (κ1) is 43.1. The van der Waals surface area contributed by atoms with Gasteiger partial charge in [-0.2, -0.15) is 0 Å². The second kappa shape index (κ2) is 17.3. The lowest BCUT2D eigenvalue weighted by Crippen LogP contribution is -2.28. The molecular weight excluding hydrogens is 929 g/mol. The number of benzene rings is 11. The summed E-state index contributed by atoms with van der Waals surface area (Å²) < 4.78 is 4.82. The second-order valence-corrected chi connectivity index (χ2v) is 20.5. The Balaban J connectivity index is 0.889. The van der Waals surface area contributed by atoms with E-state index in [0.717, 1.165) is 44.4 Å². The average molecular weight is 973 g/mol. The van der Waals surface area contributed by atoms with Gasteiger partial charge in [0.25, 0.3) is 0 Å². The molecule has 0 aliphatic heterocycles. The summed E-state index contributed by atoms with van der Waals surface area (Å²) in [6.07, 6.45) is 0. The van der Waals surface area contributed by atoms with Gasteiger partial charge in [0, 0.05) is 53.3 Å². The van der Waals surface area contributed by atoms with Crippen molar-refractivity contribution in [1.29, 1.82) is 0 Å². The topological polar surface area (TPSA) is 43.6 Å². The molecule has 0 amide bonds. The highest BCUT2D eigenvalue weighted by molar-refractivity contribution is 7.26. The van der Waals surface area contributed by atoms with Crippen LogP contribution in [0.4, 0.5) is 0 Å². The van der Waals surface area contributed by atoms with E-state index in [4.69, 9.17) is 15.0 Å². The first-order valence-electron chi connectivity index (χ1n) is 25.5. The van der Waals surface area contributed by atoms with Gasteiger partial charge in [0.15, 0.2) is 17.5 Å². The van der Waals surface area contributed by atoms with Crippen molar-refractivity contribution in [1.82, 2.24) is 19.5 Å². The molecule has 15 rings (SSSR count). The van der Waals surface area contributed by atoms with E-state index in [1.54, 1.807) is 11.3 Å². The zero-order valence-corrected chi connectivity index (χ0v) is 41.4. The smallest absolute Gasteiger partial charge is 0.164 e. The highest BCUT2D eigenvalue weighted by Crippen LogP contribution is 2.57. The van der Waals surface area contributed by atoms with Gasteiger partial charge >= 0.3 is 0 Å². The molecule has 3 heterocycles. The van der Waals surface area contributed by atoms with E-state index in [9.17, 15) is 0 Å². The molecule has 75 heavy (non-hydrogen) atoms. The number of hydrogen-bond acceptors (Lipinski definition) is 4. The van der Waals surface area contributed by atoms with Crippen LogP contribution in [-0.4, -0.2) is 19.5 Å². The van der Waals surface area contributed by atoms with E-state index < -0.39 is 5.41 Å². The highest BCUT2D eigenvalue weighted by Gasteiger charge is 2.46. The highest BCUT2D eigenvalue weighted by atomic mass is 32.1. The first-order valence-corrected chi connectivity index (χ1v) is 26.3. The third-order valence-corrected chi connectivity index (χ3v) is 16.5. The SMILES string of the molecule is c1ccc(-c2nc(-c3ccccc3)nc(-c3cccc4sc5ccc(-c6ccc7c(c6)c6cc(-c8ccc9c(c8)-c8ccccc8C9(c8ccccc8)c8ccccc8)ccc6n7-c6ccccc6)cc5c34)n2)cc1. The predicted octanol–water partition coefficient (Wildman–Crippen LogP) is 18.0. The monoisotopic (exact) mass is 972 g/mol. The summed E-state index contributed by atoms with van der Waals surface area (Å²) in [5.74, 6) is 1.96. The lowest BCUT2D eigenvalue weighted by atomic mass is 9.67. The third-order valence-electron chi connectivity index (χ3n) is 15.3. The zero-order valence-electron chi connectivity index (χ0n) is 40.6. The van der Waals surface area contributed by atoms with Crippen molar-refractivity contribution in [3.8, 4) is 73.2 Å². The van der Waals surface area contributed by atoms with Crippen LogP contribution in [0.5, 0.6) is 0 Å². The van der Waals surface area contributed by atoms with Crippen molar-refractivity contribution >= 4 is 53.3 Å². The summed E-state index contributed by atoms with van der Waals surface area (Å²) >= 11 is 1.81. The summed E-state index contributed by atoms with van der Waals surface area (Å²) in [4.78, 5) is 15.3. The first-order chi connectivity index (χ1) is 37.2. The van der Waals surface area contributed by atoms with Crippen LogP contribution in [0.25, 0.3) is 115 Å². The molecule has 0 N–H and O–H groups in total. The van der Waals surface area contributed by atoms with Crippen LogP contribution in [0.2, 0.25) is 0 Å². The van der Waals surface area contributed by atoms with E-state index in [-0.39, 0.29) is 0 Å². The average Bonchev–Trinajstić information content (AvgIpc) is 4.14. The van der Waals surface area contributed by atoms with Crippen LogP contribution >= 0.6 is 11.3 Å². The lowest BCUT2D eigenvalue weighted by Gasteiger charge is -2.33. The summed E-state index contributed by atoms with van der Waals surface area (Å²) in [6, 6.07) is 96.8. The van der Waals surface area contributed by atoms with Crippen molar-refractivity contribution in [3.05, 3.63) is 289 Å². The minimum Gasteiger partial charge on any atom is -0.309 e. The normalized spacial score (nSPS) is 12.6. The van der Waals surface area contributed by atoms with Gasteiger partial charge in [-0.1, -0.05) is 206 Å². The van der Waals surface area contributed by atoms with E-state index in [1.165, 1.54) is 75.6 Å². The van der Waals surface area contributed by atoms with Gasteiger partial charge in [0.05, 0.1) is 16.4 Å². The molecule has 0 spiro atoms. The third kappa shape index (κ3) is 6.86. The van der Waals surface area contributed by atoms with Crippen LogP contribution in [0, 0.1) is 0 Å². The molecule has 4 nitrogen and oxygen atoms in total. The molecule has 0 atom stereocenters. The summed E-state index contributed by atoms with van der Waals surface area (Å²) in [5.41, 5.74) is 18.3. The maximum Gasteiger partial charge on any atom is 0.164 e. The molecule has 3 aromatic heterocycles. The minimum absolute atomic E-state index is 0.444. The van der Waals surface area contributed by atoms with E-state index >= 15 is 0 Å². The minimum atomic E-state index is -0.444. The van der Waals surface area contributed by atoms with Crippen LogP contribution in [-0.2, 0) is 5.41 Å². The van der Waals surface area contributed by atoms with Crippen molar-refractivity contribution in [2.75, 3.05) is 0 Å². The molecule has 1 aliphatic carbocycles. The molecule has 350 valence electrons. The number of hydrogen-bond donors (Lipinski definition) is 0. The fraction of sp³-hybridized carbons (Fsp3) is 0.0143. The zero-order chi connectivity index (χ0) is 49.5. The number of thiophene rings is 1. The standard InChI is InChI=1S/C70H44N4S/c1-6-19-45(20-7-1)67-71-68(46-21-8-2-9-22-46)73-69(72-67)55-30-18-32-65-66(55)59-44-50(36-40-64(59)75-65)49-35-39-63-58(43-49)57-42-48(34-38-62(57)74(63)53-27-14-5-15-28-53)47-33-37-61-56(41-47)54-29-16-17-31-60(54)70(61,51-23-10-3-11-24-51)52-25-12-4-13-26-52/h1-44H. The molecule has 0 fully saturated rings. The van der Waals surface area contributed by atoms with Gasteiger partial charge in [-0.05, 0) is 116 Å². The van der Waals surface area contributed by atoms with E-state index in [1.807, 2.05) is 36.4 Å². The fourth-order valence-corrected chi connectivity index (χ4v) is 13.1. The Hall–Kier alpha value is -9.55. The summed E-state index contributed by atoms with van der Waals surface area (Å²) in [5, 5.41) is 4.74. The Morgan fingerprint density at radius 3 is 1.39 bits per heavy atom. The maximum atomic E-state index is 5.17. The Bertz CT molecular complexity index is 4410. The largest absolute Gasteiger partial charge is 0.309 e. The van der Waals surface area contributed by atoms with Gasteiger partial charge in [0.1, 0.15) is 0 Å². The van der Waals surface area contributed by atoms with Crippen LogP contribution in [0.1, 0.15) is 22.3 Å². The van der Waals surface area contributed by atoms with Gasteiger partial charge in [-0.3, -0.25) is 0 Å². The molecule has 14 aromatic rings. The summed E-state index contributed by atoms with van der Waals surface area (Å²) in [7, 11) is 0. The van der Waals surface area contributed by atoms with Crippen molar-refractivity contribution < 1.29 is 0 Å². The number of para-hydroxylation sites is 1. The predicted molar refractivity (Wildman–Crippen MR) is 312 cm³/mol. The van der Waals surface area contributed by atoms with E-state index in [0.29, 0.717) is 17.5 Å². The molecule has 5 heteroatoms. The number of nitrogens with zero attached hydrogens (tertiary/aromatic N) is 4. The molecule has 0 saturated carbocycles. The molecule has 1 aliphatic rings. The Morgan fingerprint density at radius 2 is 0.773 bits per heavy atom. The fourth-order valence-electron chi connectivity index (χ4n) is 12.0. The Kier molecular flexibility index (Phi) is 9.94. The maximum absolute atomic E-state index is 5.17. The molecule has 0 unspecified atom stereocenters. The van der Waals surface area contributed by atoms with Crippen molar-refractivity contribution in [2.24, 2.45) is 0 Å². The molecule has 0 bridgehead atoms.